The fraction of sp³-hybridized carbons (Fsp3) is 0.114. The molecule has 0 amide bonds. The number of benzene rings is 9. The second-order valence-corrected chi connectivity index (χ2v) is 21.0. The first-order valence-electron chi connectivity index (χ1n) is 25.9. The average molecular weight is 938 g/mol. The van der Waals surface area contributed by atoms with Crippen molar-refractivity contribution in [3.63, 3.8) is 0 Å². The van der Waals surface area contributed by atoms with Gasteiger partial charge in [-0.25, -0.2) is 0 Å². The van der Waals surface area contributed by atoms with Crippen LogP contribution in [0.3, 0.4) is 0 Å². The molecule has 0 aromatic heterocycles. The van der Waals surface area contributed by atoms with E-state index < -0.39 is 5.41 Å². The first-order valence-corrected chi connectivity index (χ1v) is 25.9. The molecule has 0 saturated carbocycles. The molecule has 0 radical (unpaired) electrons. The maximum Gasteiger partial charge on any atom is 0.177 e. The van der Waals surface area contributed by atoms with Crippen LogP contribution >= 0.6 is 0 Å². The summed E-state index contributed by atoms with van der Waals surface area (Å²) in [5, 5.41) is 0. The summed E-state index contributed by atoms with van der Waals surface area (Å²) in [6.07, 6.45) is 16.6. The predicted molar refractivity (Wildman–Crippen MR) is 298 cm³/mol. The third kappa shape index (κ3) is 6.18. The lowest BCUT2D eigenvalue weighted by Crippen LogP contribution is -2.28. The number of rotatable bonds is 6. The van der Waals surface area contributed by atoms with E-state index in [1.807, 2.05) is 6.07 Å². The van der Waals surface area contributed by atoms with E-state index in [4.69, 9.17) is 9.47 Å². The van der Waals surface area contributed by atoms with E-state index in [0.717, 1.165) is 52.5 Å². The van der Waals surface area contributed by atoms with Gasteiger partial charge in [-0.15, -0.1) is 0 Å². The van der Waals surface area contributed by atoms with E-state index in [0.29, 0.717) is 17.4 Å². The fourth-order valence-electron chi connectivity index (χ4n) is 13.5. The SMILES string of the molecule is CC1(C)c2cc(C3=CCCC=C3)ccc2C2C=CC(N(c3ccc(-c4ccccc4)cc3)c3cccc(-c4cccc5c4Oc4cc6c(cc4O5)-c4ccccc4C64c5ccccc5-c5ccccc54)c3)=CC21. The summed E-state index contributed by atoms with van der Waals surface area (Å²) in [6, 6.07) is 73.3. The van der Waals surface area contributed by atoms with E-state index in [1.165, 1.54) is 77.9 Å². The van der Waals surface area contributed by atoms with Crippen molar-refractivity contribution in [2.45, 2.75) is 43.4 Å². The third-order valence-corrected chi connectivity index (χ3v) is 16.9. The number of allylic oxidation sites excluding steroid dienone is 7. The van der Waals surface area contributed by atoms with E-state index >= 15 is 0 Å². The Kier molecular flexibility index (Phi) is 9.17. The van der Waals surface area contributed by atoms with Crippen molar-refractivity contribution in [1.29, 1.82) is 0 Å². The summed E-state index contributed by atoms with van der Waals surface area (Å²) in [5.74, 6) is 3.43. The molecule has 9 aromatic rings. The van der Waals surface area contributed by atoms with Crippen LogP contribution in [0.1, 0.15) is 71.6 Å². The van der Waals surface area contributed by atoms with Crippen LogP contribution < -0.4 is 14.4 Å². The molecule has 2 atom stereocenters. The quantitative estimate of drug-likeness (QED) is 0.166. The van der Waals surface area contributed by atoms with Crippen molar-refractivity contribution >= 4 is 16.9 Å². The highest BCUT2D eigenvalue weighted by atomic mass is 16.6. The molecule has 1 spiro atoms. The summed E-state index contributed by atoms with van der Waals surface area (Å²) in [7, 11) is 0. The highest BCUT2D eigenvalue weighted by molar-refractivity contribution is 5.96. The molecule has 1 aliphatic heterocycles. The first kappa shape index (κ1) is 42.1. The van der Waals surface area contributed by atoms with Gasteiger partial charge in [-0.2, -0.15) is 0 Å². The summed E-state index contributed by atoms with van der Waals surface area (Å²) in [6.45, 7) is 4.88. The van der Waals surface area contributed by atoms with Crippen molar-refractivity contribution in [1.82, 2.24) is 0 Å². The van der Waals surface area contributed by atoms with Crippen LogP contribution in [-0.2, 0) is 10.8 Å². The molecule has 0 N–H and O–H groups in total. The molecule has 348 valence electrons. The van der Waals surface area contributed by atoms with Gasteiger partial charge in [0.15, 0.2) is 23.0 Å². The van der Waals surface area contributed by atoms with E-state index in [9.17, 15) is 0 Å². The number of para-hydroxylation sites is 1. The van der Waals surface area contributed by atoms with Gasteiger partial charge in [-0.3, -0.25) is 0 Å². The maximum absolute atomic E-state index is 7.20. The molecule has 5 aliphatic carbocycles. The zero-order valence-corrected chi connectivity index (χ0v) is 40.8. The number of anilines is 2. The molecule has 0 bridgehead atoms. The Bertz CT molecular complexity index is 3860. The Morgan fingerprint density at radius 3 is 1.84 bits per heavy atom. The lowest BCUT2D eigenvalue weighted by atomic mass is 9.70. The van der Waals surface area contributed by atoms with Gasteiger partial charge in [-0.05, 0) is 156 Å². The van der Waals surface area contributed by atoms with Gasteiger partial charge in [0.25, 0.3) is 0 Å². The van der Waals surface area contributed by atoms with Crippen molar-refractivity contribution in [2.24, 2.45) is 5.92 Å². The predicted octanol–water partition coefficient (Wildman–Crippen LogP) is 18.3. The number of ether oxygens (including phenoxy) is 2. The first-order chi connectivity index (χ1) is 35.9. The molecule has 15 rings (SSSR count). The second kappa shape index (κ2) is 15.9. The highest BCUT2D eigenvalue weighted by Gasteiger charge is 2.52. The molecular weight excluding hydrogens is 887 g/mol. The van der Waals surface area contributed by atoms with Gasteiger partial charge in [0, 0.05) is 28.6 Å². The monoisotopic (exact) mass is 937 g/mol. The topological polar surface area (TPSA) is 21.7 Å². The maximum atomic E-state index is 7.20. The van der Waals surface area contributed by atoms with Gasteiger partial charge >= 0.3 is 0 Å². The van der Waals surface area contributed by atoms with Gasteiger partial charge in [0.05, 0.1) is 5.41 Å². The van der Waals surface area contributed by atoms with Crippen LogP contribution in [0.4, 0.5) is 11.4 Å². The minimum absolute atomic E-state index is 0.0839. The van der Waals surface area contributed by atoms with Crippen molar-refractivity contribution < 1.29 is 9.47 Å². The van der Waals surface area contributed by atoms with E-state index in [1.54, 1.807) is 0 Å². The van der Waals surface area contributed by atoms with Gasteiger partial charge in [-0.1, -0.05) is 202 Å². The molecule has 2 unspecified atom stereocenters. The van der Waals surface area contributed by atoms with Crippen molar-refractivity contribution in [2.75, 3.05) is 4.90 Å². The standard InChI is InChI=1S/C70H51NO2/c1-69(2)62-40-47(45-19-7-4-8-20-45)33-37-56(62)57-38-36-51(41-63(57)69)71(49-34-31-46(32-35-49)44-17-5-3-6-18-44)50-22-15-21-48(39-50)52-26-16-30-65-68(52)73-67-43-64-58(42-66(67)72-65)55-25-11-14-29-61(55)70(64)59-27-12-9-23-53(59)54-24-10-13-28-60(54)70/h3,5-7,9-43,57,63H,4,8H2,1-2H3. The molecule has 3 heteroatoms. The summed E-state index contributed by atoms with van der Waals surface area (Å²) >= 11 is 0. The number of hydrogen-bond acceptors (Lipinski definition) is 3. The number of fused-ring (bicyclic) bond motifs is 15. The molecule has 9 aromatic carbocycles. The summed E-state index contributed by atoms with van der Waals surface area (Å²) in [4.78, 5) is 2.44. The second-order valence-electron chi connectivity index (χ2n) is 21.0. The lowest BCUT2D eigenvalue weighted by Gasteiger charge is -2.35. The Balaban J connectivity index is 0.828. The van der Waals surface area contributed by atoms with Gasteiger partial charge in [0.2, 0.25) is 0 Å². The summed E-state index contributed by atoms with van der Waals surface area (Å²) < 4.78 is 14.1. The molecule has 73 heavy (non-hydrogen) atoms. The van der Waals surface area contributed by atoms with Crippen LogP contribution in [-0.4, -0.2) is 0 Å². The van der Waals surface area contributed by atoms with Crippen LogP contribution in [0.25, 0.3) is 50.1 Å². The van der Waals surface area contributed by atoms with E-state index in [2.05, 4.69) is 249 Å². The molecule has 0 saturated heterocycles. The normalized spacial score (nSPS) is 18.1. The third-order valence-electron chi connectivity index (χ3n) is 16.9. The van der Waals surface area contributed by atoms with Gasteiger partial charge in [0.1, 0.15) is 0 Å². The van der Waals surface area contributed by atoms with Crippen molar-refractivity contribution in [3.05, 3.63) is 281 Å². The van der Waals surface area contributed by atoms with Crippen LogP contribution in [0.2, 0.25) is 0 Å². The highest BCUT2D eigenvalue weighted by Crippen LogP contribution is 2.65. The van der Waals surface area contributed by atoms with Crippen LogP contribution in [0.15, 0.2) is 242 Å². The molecule has 6 aliphatic rings. The van der Waals surface area contributed by atoms with Gasteiger partial charge < -0.3 is 14.4 Å². The van der Waals surface area contributed by atoms with Crippen molar-refractivity contribution in [3.8, 4) is 67.5 Å². The average Bonchev–Trinajstić information content (AvgIpc) is 4.01. The lowest BCUT2D eigenvalue weighted by molar-refractivity contribution is 0.360. The van der Waals surface area contributed by atoms with E-state index in [-0.39, 0.29) is 11.3 Å². The molecule has 0 fully saturated rings. The minimum Gasteiger partial charge on any atom is -0.449 e. The zero-order chi connectivity index (χ0) is 48.4. The van der Waals surface area contributed by atoms with Crippen LogP contribution in [0, 0.1) is 5.92 Å². The minimum atomic E-state index is -0.486. The Hall–Kier alpha value is -8.66. The zero-order valence-electron chi connectivity index (χ0n) is 40.8. The molecular formula is C70H51NO2. The van der Waals surface area contributed by atoms with Crippen LogP contribution in [0.5, 0.6) is 23.0 Å². The Morgan fingerprint density at radius 1 is 0.452 bits per heavy atom. The Labute approximate surface area is 427 Å². The summed E-state index contributed by atoms with van der Waals surface area (Å²) in [5.41, 5.74) is 22.8. The molecule has 3 nitrogen and oxygen atoms in total. The smallest absolute Gasteiger partial charge is 0.177 e. The Morgan fingerprint density at radius 2 is 1.10 bits per heavy atom. The largest absolute Gasteiger partial charge is 0.449 e. The fourth-order valence-corrected chi connectivity index (χ4v) is 13.5. The number of hydrogen-bond donors (Lipinski definition) is 0. The number of nitrogens with zero attached hydrogens (tertiary/aromatic N) is 1. The molecule has 1 heterocycles.